The highest BCUT2D eigenvalue weighted by Gasteiger charge is 2.18. The average Bonchev–Trinajstić information content (AvgIpc) is 2.89. The van der Waals surface area contributed by atoms with Gasteiger partial charge in [-0.15, -0.1) is 0 Å². The number of aromatic nitrogens is 2. The van der Waals surface area contributed by atoms with Crippen LogP contribution in [0.4, 0.5) is 5.69 Å². The summed E-state index contributed by atoms with van der Waals surface area (Å²) < 4.78 is 0. The molecule has 7 heteroatoms. The highest BCUT2D eigenvalue weighted by molar-refractivity contribution is 8.06. The number of nitrogens with one attached hydrogen (secondary N) is 2. The number of anilines is 1. The lowest BCUT2D eigenvalue weighted by molar-refractivity contribution is 0.0951. The molecule has 1 aromatic carbocycles. The summed E-state index contributed by atoms with van der Waals surface area (Å²) in [7, 11) is 0. The zero-order chi connectivity index (χ0) is 13.9. The third-order valence-corrected chi connectivity index (χ3v) is 6.02. The molecule has 0 bridgehead atoms. The van der Waals surface area contributed by atoms with Crippen LogP contribution in [0, 0.1) is 0 Å². The van der Waals surface area contributed by atoms with Gasteiger partial charge < -0.3 is 11.1 Å². The number of H-pyrrole nitrogens is 1. The van der Waals surface area contributed by atoms with Crippen LogP contribution in [0.1, 0.15) is 10.5 Å². The van der Waals surface area contributed by atoms with Crippen molar-refractivity contribution in [1.82, 2.24) is 15.5 Å². The van der Waals surface area contributed by atoms with E-state index in [1.54, 1.807) is 12.1 Å². The monoisotopic (exact) mass is 308 g/mol. The number of aromatic amines is 1. The topological polar surface area (TPSA) is 83.8 Å². The molecule has 0 radical (unpaired) electrons. The number of benzene rings is 1. The Hall–Kier alpha value is -1.34. The largest absolute Gasteiger partial charge is 0.399 e. The number of nitrogen functional groups attached to an aromatic ring is 1. The lowest BCUT2D eigenvalue weighted by atomic mass is 10.2. The van der Waals surface area contributed by atoms with Gasteiger partial charge in [0.2, 0.25) is 0 Å². The van der Waals surface area contributed by atoms with E-state index >= 15 is 0 Å². The Morgan fingerprint density at radius 1 is 1.50 bits per heavy atom. The summed E-state index contributed by atoms with van der Waals surface area (Å²) in [5.41, 5.74) is 7.64. The molecule has 2 aromatic rings. The molecule has 0 aliphatic carbocycles. The van der Waals surface area contributed by atoms with Crippen molar-refractivity contribution in [2.45, 2.75) is 5.25 Å². The predicted molar refractivity (Wildman–Crippen MR) is 86.4 cm³/mol. The van der Waals surface area contributed by atoms with Crippen molar-refractivity contribution >= 4 is 46.0 Å². The Kier molecular flexibility index (Phi) is 4.07. The van der Waals surface area contributed by atoms with Crippen LogP contribution in [0.2, 0.25) is 0 Å². The smallest absolute Gasteiger partial charge is 0.272 e. The second-order valence-corrected chi connectivity index (χ2v) is 7.21. The van der Waals surface area contributed by atoms with Crippen molar-refractivity contribution in [3.05, 3.63) is 23.9 Å². The number of carbonyl (C=O) groups excluding carboxylic acids is 1. The van der Waals surface area contributed by atoms with Gasteiger partial charge in [-0.25, -0.2) is 0 Å². The van der Waals surface area contributed by atoms with Crippen LogP contribution >= 0.6 is 23.5 Å². The van der Waals surface area contributed by atoms with Crippen LogP contribution in [0.15, 0.2) is 18.2 Å². The minimum atomic E-state index is -0.141. The lowest BCUT2D eigenvalue weighted by Gasteiger charge is -2.20. The molecule has 1 atom stereocenters. The quantitative estimate of drug-likeness (QED) is 0.752. The van der Waals surface area contributed by atoms with E-state index in [1.807, 2.05) is 29.6 Å². The first-order chi connectivity index (χ1) is 9.74. The standard InChI is InChI=1S/C13H16N4OS2/c14-8-1-2-11-10(5-8)12(17-16-11)13(18)15-6-9-7-19-3-4-20-9/h1-2,5,9H,3-4,6-7,14H2,(H,15,18)(H,16,17). The maximum Gasteiger partial charge on any atom is 0.272 e. The van der Waals surface area contributed by atoms with Crippen molar-refractivity contribution in [2.24, 2.45) is 0 Å². The summed E-state index contributed by atoms with van der Waals surface area (Å²) in [5, 5.41) is 11.2. The van der Waals surface area contributed by atoms with Crippen molar-refractivity contribution in [3.63, 3.8) is 0 Å². The first kappa shape index (κ1) is 13.6. The average molecular weight is 308 g/mol. The number of nitrogens with two attached hydrogens (primary N) is 1. The fourth-order valence-corrected chi connectivity index (χ4v) is 4.76. The molecule has 1 unspecified atom stereocenters. The maximum absolute atomic E-state index is 12.2. The molecular weight excluding hydrogens is 292 g/mol. The van der Waals surface area contributed by atoms with E-state index < -0.39 is 0 Å². The summed E-state index contributed by atoms with van der Waals surface area (Å²) in [6.45, 7) is 0.688. The minimum Gasteiger partial charge on any atom is -0.399 e. The van der Waals surface area contributed by atoms with Crippen LogP contribution in [0.25, 0.3) is 10.9 Å². The Labute approximate surface area is 125 Å². The molecule has 106 valence electrons. The van der Waals surface area contributed by atoms with Crippen molar-refractivity contribution in [1.29, 1.82) is 0 Å². The molecule has 1 aromatic heterocycles. The van der Waals surface area contributed by atoms with Crippen LogP contribution in [0.3, 0.4) is 0 Å². The Morgan fingerprint density at radius 2 is 2.40 bits per heavy atom. The van der Waals surface area contributed by atoms with E-state index in [4.69, 9.17) is 5.73 Å². The minimum absolute atomic E-state index is 0.141. The van der Waals surface area contributed by atoms with Crippen LogP contribution in [-0.4, -0.2) is 45.2 Å². The normalized spacial score (nSPS) is 19.1. The molecule has 4 N–H and O–H groups in total. The molecule has 1 amide bonds. The van der Waals surface area contributed by atoms with Gasteiger partial charge in [0.1, 0.15) is 0 Å². The van der Waals surface area contributed by atoms with Gasteiger partial charge in [-0.2, -0.15) is 28.6 Å². The molecule has 1 aliphatic heterocycles. The van der Waals surface area contributed by atoms with E-state index in [9.17, 15) is 4.79 Å². The fraction of sp³-hybridized carbons (Fsp3) is 0.385. The van der Waals surface area contributed by atoms with Crippen LogP contribution < -0.4 is 11.1 Å². The summed E-state index contributed by atoms with van der Waals surface area (Å²) in [6, 6.07) is 5.40. The number of fused-ring (bicyclic) bond motifs is 1. The van der Waals surface area contributed by atoms with E-state index in [0.29, 0.717) is 23.2 Å². The third kappa shape index (κ3) is 2.88. The van der Waals surface area contributed by atoms with Gasteiger partial charge in [0.15, 0.2) is 5.69 Å². The van der Waals surface area contributed by atoms with E-state index in [0.717, 1.165) is 22.4 Å². The fourth-order valence-electron chi connectivity index (χ4n) is 2.15. The molecule has 0 spiro atoms. The second kappa shape index (κ2) is 5.97. The van der Waals surface area contributed by atoms with Gasteiger partial charge in [0, 0.05) is 40.1 Å². The Morgan fingerprint density at radius 3 is 3.20 bits per heavy atom. The lowest BCUT2D eigenvalue weighted by Crippen LogP contribution is -2.33. The molecule has 1 aliphatic rings. The summed E-state index contributed by atoms with van der Waals surface area (Å²) >= 11 is 3.87. The van der Waals surface area contributed by atoms with E-state index in [2.05, 4.69) is 15.5 Å². The summed E-state index contributed by atoms with van der Waals surface area (Å²) in [5.74, 6) is 3.32. The molecule has 0 saturated carbocycles. The first-order valence-corrected chi connectivity index (χ1v) is 8.65. The van der Waals surface area contributed by atoms with E-state index in [1.165, 1.54) is 5.75 Å². The van der Waals surface area contributed by atoms with Gasteiger partial charge in [-0.05, 0) is 18.2 Å². The van der Waals surface area contributed by atoms with Crippen molar-refractivity contribution in [2.75, 3.05) is 29.5 Å². The van der Waals surface area contributed by atoms with Crippen molar-refractivity contribution in [3.8, 4) is 0 Å². The second-order valence-electron chi connectivity index (χ2n) is 4.65. The Bertz CT molecular complexity index is 622. The molecule has 2 heterocycles. The van der Waals surface area contributed by atoms with Gasteiger partial charge in [0.05, 0.1) is 5.52 Å². The number of thioether (sulfide) groups is 2. The van der Waals surface area contributed by atoms with Crippen LogP contribution in [-0.2, 0) is 0 Å². The SMILES string of the molecule is Nc1ccc2[nH]nc(C(=O)NCC3CSCCS3)c2c1. The van der Waals surface area contributed by atoms with E-state index in [-0.39, 0.29) is 5.91 Å². The number of carbonyl (C=O) groups is 1. The number of amides is 1. The van der Waals surface area contributed by atoms with Gasteiger partial charge in [-0.3, -0.25) is 9.89 Å². The highest BCUT2D eigenvalue weighted by atomic mass is 32.2. The van der Waals surface area contributed by atoms with Crippen LogP contribution in [0.5, 0.6) is 0 Å². The molecular formula is C13H16N4OS2. The van der Waals surface area contributed by atoms with Crippen molar-refractivity contribution < 1.29 is 4.79 Å². The maximum atomic E-state index is 12.2. The van der Waals surface area contributed by atoms with Gasteiger partial charge in [-0.1, -0.05) is 0 Å². The predicted octanol–water partition coefficient (Wildman–Crippen LogP) is 1.72. The zero-order valence-corrected chi connectivity index (χ0v) is 12.5. The van der Waals surface area contributed by atoms with Gasteiger partial charge >= 0.3 is 0 Å². The summed E-state index contributed by atoms with van der Waals surface area (Å²) in [6.07, 6.45) is 0. The summed E-state index contributed by atoms with van der Waals surface area (Å²) in [4.78, 5) is 12.2. The number of nitrogens with zero attached hydrogens (tertiary/aromatic N) is 1. The third-order valence-electron chi connectivity index (χ3n) is 3.18. The Balaban J connectivity index is 1.70. The molecule has 1 saturated heterocycles. The first-order valence-electron chi connectivity index (χ1n) is 6.45. The molecule has 1 fully saturated rings. The number of hydrogen-bond acceptors (Lipinski definition) is 5. The molecule has 20 heavy (non-hydrogen) atoms. The number of rotatable bonds is 3. The zero-order valence-electron chi connectivity index (χ0n) is 10.9. The number of hydrogen-bond donors (Lipinski definition) is 3. The molecule has 5 nitrogen and oxygen atoms in total. The van der Waals surface area contributed by atoms with Gasteiger partial charge in [0.25, 0.3) is 5.91 Å². The molecule has 3 rings (SSSR count). The highest BCUT2D eigenvalue weighted by Crippen LogP contribution is 2.23.